The number of hydrogen-bond donors (Lipinski definition) is 0. The normalized spacial score (nSPS) is 13.5. The molecule has 0 saturated carbocycles. The first kappa shape index (κ1) is 29.5. The molecule has 11 aromatic carbocycles. The van der Waals surface area contributed by atoms with Gasteiger partial charge in [0.05, 0.1) is 0 Å². The molecule has 55 heavy (non-hydrogen) atoms. The smallest absolute Gasteiger partial charge is 0.252 e. The second-order valence-corrected chi connectivity index (χ2v) is 15.1. The lowest BCUT2D eigenvalue weighted by atomic mass is 9.33. The topological polar surface area (TPSA) is 6.48 Å². The zero-order valence-electron chi connectivity index (χ0n) is 29.3. The average Bonchev–Trinajstić information content (AvgIpc) is 3.22. The largest absolute Gasteiger partial charge is 0.311 e. The van der Waals surface area contributed by atoms with E-state index in [9.17, 15) is 8.78 Å². The van der Waals surface area contributed by atoms with E-state index in [1.165, 1.54) is 64.8 Å². The van der Waals surface area contributed by atoms with E-state index in [4.69, 9.17) is 0 Å². The molecule has 0 spiro atoms. The van der Waals surface area contributed by atoms with E-state index >= 15 is 0 Å². The van der Waals surface area contributed by atoms with Gasteiger partial charge in [0.1, 0.15) is 11.6 Å². The Hall–Kier alpha value is -6.98. The molecule has 0 aromatic heterocycles. The van der Waals surface area contributed by atoms with Gasteiger partial charge in [-0.1, -0.05) is 103 Å². The Morgan fingerprint density at radius 2 is 0.745 bits per heavy atom. The van der Waals surface area contributed by atoms with Crippen LogP contribution in [0.4, 0.5) is 42.9 Å². The number of hydrogen-bond acceptors (Lipinski definition) is 2. The lowest BCUT2D eigenvalue weighted by molar-refractivity contribution is 0.627. The van der Waals surface area contributed by atoms with E-state index in [1.54, 1.807) is 24.3 Å². The standard InChI is InChI=1S/C50H27BF2N2/c52-34-16-20-36(21-17-34)54-42-8-3-9-43-48(42)51(40-26-32-12-10-28-4-1-6-30-14-24-38(49(40)54)46(32)44(28)30)41-27-33-13-11-29-5-2-7-31-15-25-39(47(33)45(29)31)50(41)55(43)37-22-18-35(53)19-23-37/h1-27H. The van der Waals surface area contributed by atoms with E-state index in [2.05, 4.69) is 125 Å². The van der Waals surface area contributed by atoms with Crippen LogP contribution in [0, 0.1) is 11.6 Å². The minimum absolute atomic E-state index is 0.131. The van der Waals surface area contributed by atoms with Crippen LogP contribution < -0.4 is 26.2 Å². The van der Waals surface area contributed by atoms with Crippen molar-refractivity contribution in [3.05, 3.63) is 175 Å². The van der Waals surface area contributed by atoms with Crippen molar-refractivity contribution >= 4 is 122 Å². The number of rotatable bonds is 2. The van der Waals surface area contributed by atoms with Gasteiger partial charge in [-0.25, -0.2) is 8.78 Å². The molecule has 2 nitrogen and oxygen atoms in total. The summed E-state index contributed by atoms with van der Waals surface area (Å²) in [5.74, 6) is -0.546. The fraction of sp³-hybridized carbons (Fsp3) is 0. The van der Waals surface area contributed by atoms with E-state index in [1.807, 2.05) is 24.3 Å². The molecule has 0 radical (unpaired) electrons. The van der Waals surface area contributed by atoms with Gasteiger partial charge in [0.2, 0.25) is 0 Å². The summed E-state index contributed by atoms with van der Waals surface area (Å²) in [5.41, 5.74) is 9.64. The summed E-state index contributed by atoms with van der Waals surface area (Å²) in [6.45, 7) is -0.131. The summed E-state index contributed by atoms with van der Waals surface area (Å²) in [5, 5.41) is 14.6. The third-order valence-electron chi connectivity index (χ3n) is 12.4. The summed E-state index contributed by atoms with van der Waals surface area (Å²) >= 11 is 0. The first-order chi connectivity index (χ1) is 27.1. The van der Waals surface area contributed by atoms with Crippen molar-refractivity contribution < 1.29 is 8.78 Å². The Bertz CT molecular complexity index is 3160. The van der Waals surface area contributed by atoms with E-state index in [-0.39, 0.29) is 18.3 Å². The summed E-state index contributed by atoms with van der Waals surface area (Å²) < 4.78 is 29.3. The van der Waals surface area contributed by atoms with E-state index in [0.717, 1.165) is 50.4 Å². The predicted molar refractivity (Wildman–Crippen MR) is 228 cm³/mol. The third kappa shape index (κ3) is 3.77. The maximum atomic E-state index is 14.6. The second kappa shape index (κ2) is 10.4. The molecule has 0 aliphatic carbocycles. The summed E-state index contributed by atoms with van der Waals surface area (Å²) in [6.07, 6.45) is 0. The fourth-order valence-corrected chi connectivity index (χ4v) is 10.2. The van der Waals surface area contributed by atoms with Crippen molar-refractivity contribution in [1.82, 2.24) is 0 Å². The van der Waals surface area contributed by atoms with Crippen LogP contribution in [0.15, 0.2) is 164 Å². The van der Waals surface area contributed by atoms with Crippen molar-refractivity contribution in [3.8, 4) is 0 Å². The molecule has 13 rings (SSSR count). The molecule has 0 bridgehead atoms. The van der Waals surface area contributed by atoms with Crippen LogP contribution in [0.5, 0.6) is 0 Å². The van der Waals surface area contributed by atoms with Gasteiger partial charge in [0.25, 0.3) is 6.71 Å². The number of anilines is 6. The van der Waals surface area contributed by atoms with Crippen LogP contribution in [0.3, 0.4) is 0 Å². The highest BCUT2D eigenvalue weighted by molar-refractivity contribution is 7.01. The predicted octanol–water partition coefficient (Wildman–Crippen LogP) is 11.8. The average molecular weight is 705 g/mol. The second-order valence-electron chi connectivity index (χ2n) is 15.1. The van der Waals surface area contributed by atoms with E-state index in [0.29, 0.717) is 0 Å². The molecule has 2 aliphatic heterocycles. The van der Waals surface area contributed by atoms with E-state index < -0.39 is 0 Å². The number of halogens is 2. The molecule has 2 heterocycles. The third-order valence-corrected chi connectivity index (χ3v) is 12.4. The maximum Gasteiger partial charge on any atom is 0.252 e. The Kier molecular flexibility index (Phi) is 5.56. The Morgan fingerprint density at radius 1 is 0.364 bits per heavy atom. The molecule has 5 heteroatoms. The van der Waals surface area contributed by atoms with Crippen molar-refractivity contribution in [2.45, 2.75) is 0 Å². The Morgan fingerprint density at radius 3 is 1.18 bits per heavy atom. The van der Waals surface area contributed by atoms with Crippen LogP contribution in [-0.2, 0) is 0 Å². The molecule has 254 valence electrons. The molecule has 0 unspecified atom stereocenters. The summed E-state index contributed by atoms with van der Waals surface area (Å²) in [7, 11) is 0. The number of nitrogens with zero attached hydrogens (tertiary/aromatic N) is 2. The summed E-state index contributed by atoms with van der Waals surface area (Å²) in [4.78, 5) is 4.68. The van der Waals surface area contributed by atoms with Crippen LogP contribution in [0.25, 0.3) is 64.6 Å². The number of benzene rings is 11. The molecule has 0 N–H and O–H groups in total. The van der Waals surface area contributed by atoms with Crippen LogP contribution in [-0.4, -0.2) is 6.71 Å². The monoisotopic (exact) mass is 704 g/mol. The lowest BCUT2D eigenvalue weighted by Crippen LogP contribution is -2.61. The number of fused-ring (bicyclic) bond motifs is 6. The van der Waals surface area contributed by atoms with Gasteiger partial charge >= 0.3 is 0 Å². The summed E-state index contributed by atoms with van der Waals surface area (Å²) in [6, 6.07) is 56.2. The zero-order chi connectivity index (χ0) is 36.1. The van der Waals surface area contributed by atoms with Gasteiger partial charge in [0.15, 0.2) is 0 Å². The van der Waals surface area contributed by atoms with Gasteiger partial charge in [-0.3, -0.25) is 0 Å². The van der Waals surface area contributed by atoms with Gasteiger partial charge in [-0.15, -0.1) is 0 Å². The van der Waals surface area contributed by atoms with Crippen molar-refractivity contribution in [2.75, 3.05) is 9.80 Å². The molecule has 2 aliphatic rings. The van der Waals surface area contributed by atoms with Gasteiger partial charge in [-0.05, 0) is 131 Å². The highest BCUT2D eigenvalue weighted by Gasteiger charge is 2.45. The molecule has 0 fully saturated rings. The molecular weight excluding hydrogens is 677 g/mol. The highest BCUT2D eigenvalue weighted by atomic mass is 19.1. The van der Waals surface area contributed by atoms with Crippen LogP contribution in [0.2, 0.25) is 0 Å². The van der Waals surface area contributed by atoms with Gasteiger partial charge < -0.3 is 9.80 Å². The van der Waals surface area contributed by atoms with Crippen molar-refractivity contribution in [1.29, 1.82) is 0 Å². The minimum Gasteiger partial charge on any atom is -0.311 e. The molecular formula is C50H27BF2N2. The molecule has 0 saturated heterocycles. The Balaban J connectivity index is 1.23. The molecule has 11 aromatic rings. The van der Waals surface area contributed by atoms with Crippen LogP contribution in [0.1, 0.15) is 0 Å². The lowest BCUT2D eigenvalue weighted by Gasteiger charge is -2.45. The highest BCUT2D eigenvalue weighted by Crippen LogP contribution is 2.50. The Labute approximate surface area is 314 Å². The first-order valence-corrected chi connectivity index (χ1v) is 18.8. The van der Waals surface area contributed by atoms with Crippen molar-refractivity contribution in [2.24, 2.45) is 0 Å². The minimum atomic E-state index is -0.273. The maximum absolute atomic E-state index is 14.6. The van der Waals surface area contributed by atoms with Crippen LogP contribution >= 0.6 is 0 Å². The van der Waals surface area contributed by atoms with Crippen molar-refractivity contribution in [3.63, 3.8) is 0 Å². The molecule has 0 atom stereocenters. The molecule has 0 amide bonds. The quantitative estimate of drug-likeness (QED) is 0.131. The zero-order valence-corrected chi connectivity index (χ0v) is 29.3. The van der Waals surface area contributed by atoms with Gasteiger partial charge in [-0.2, -0.15) is 0 Å². The first-order valence-electron chi connectivity index (χ1n) is 18.8. The van der Waals surface area contributed by atoms with Gasteiger partial charge in [0, 0.05) is 44.9 Å². The SMILES string of the molecule is Fc1ccc(N2c3cccc4c3B(c3cc5ccc6cccc7ccc(c32)c5c67)c2cc3ccc5cccc6ccc(c2N4c2ccc(F)cc2)c3c56)cc1. The fourth-order valence-electron chi connectivity index (χ4n) is 10.2.